The lowest BCUT2D eigenvalue weighted by atomic mass is 10.0. The van der Waals surface area contributed by atoms with Gasteiger partial charge in [0.05, 0.1) is 12.6 Å². The van der Waals surface area contributed by atoms with Gasteiger partial charge in [0.15, 0.2) is 0 Å². The molecule has 0 aliphatic rings. The molecule has 21 heavy (non-hydrogen) atoms. The lowest BCUT2D eigenvalue weighted by Gasteiger charge is -2.04. The summed E-state index contributed by atoms with van der Waals surface area (Å²) in [6.07, 6.45) is 2.00. The molecule has 0 aliphatic heterocycles. The molecule has 1 amide bonds. The summed E-state index contributed by atoms with van der Waals surface area (Å²) in [5, 5.41) is 4.01. The number of hydrogen-bond acceptors (Lipinski definition) is 2. The van der Waals surface area contributed by atoms with E-state index in [0.29, 0.717) is 6.42 Å². The van der Waals surface area contributed by atoms with Gasteiger partial charge in [0.25, 0.3) is 0 Å². The van der Waals surface area contributed by atoms with E-state index in [9.17, 15) is 4.79 Å². The first-order chi connectivity index (χ1) is 10.1. The van der Waals surface area contributed by atoms with Gasteiger partial charge < -0.3 is 0 Å². The number of nitrogens with one attached hydrogen (secondary N) is 1. The molecule has 0 spiro atoms. The van der Waals surface area contributed by atoms with Crippen LogP contribution in [0.1, 0.15) is 22.3 Å². The quantitative estimate of drug-likeness (QED) is 0.482. The zero-order valence-electron chi connectivity index (χ0n) is 12.1. The monoisotopic (exact) mass is 392 g/mol. The first-order valence-corrected chi connectivity index (χ1v) is 7.76. The zero-order chi connectivity index (χ0) is 15.2. The Morgan fingerprint density at radius 2 is 1.95 bits per heavy atom. The lowest BCUT2D eigenvalue weighted by molar-refractivity contribution is -0.120. The molecule has 2 aromatic carbocycles. The van der Waals surface area contributed by atoms with Crippen LogP contribution in [0.5, 0.6) is 0 Å². The molecule has 2 rings (SSSR count). The summed E-state index contributed by atoms with van der Waals surface area (Å²) in [5.41, 5.74) is 6.99. The van der Waals surface area contributed by atoms with Crippen LogP contribution in [-0.2, 0) is 11.2 Å². The average Bonchev–Trinajstić information content (AvgIpc) is 2.45. The normalized spacial score (nSPS) is 10.8. The predicted molar refractivity (Wildman–Crippen MR) is 94.5 cm³/mol. The van der Waals surface area contributed by atoms with Crippen LogP contribution in [0.25, 0.3) is 0 Å². The second kappa shape index (κ2) is 7.36. The SMILES string of the molecule is Cc1ccc(CC(=O)N/N=C\c2ccccc2I)cc1C. The number of rotatable bonds is 4. The third kappa shape index (κ3) is 4.67. The van der Waals surface area contributed by atoms with E-state index in [1.165, 1.54) is 11.1 Å². The highest BCUT2D eigenvalue weighted by Crippen LogP contribution is 2.10. The van der Waals surface area contributed by atoms with Crippen molar-refractivity contribution in [2.45, 2.75) is 20.3 Å². The minimum atomic E-state index is -0.111. The molecule has 108 valence electrons. The highest BCUT2D eigenvalue weighted by Gasteiger charge is 2.03. The smallest absolute Gasteiger partial charge is 0.244 e. The highest BCUT2D eigenvalue weighted by atomic mass is 127. The Morgan fingerprint density at radius 1 is 1.19 bits per heavy atom. The van der Waals surface area contributed by atoms with Gasteiger partial charge in [-0.2, -0.15) is 5.10 Å². The van der Waals surface area contributed by atoms with Crippen molar-refractivity contribution < 1.29 is 4.79 Å². The first-order valence-electron chi connectivity index (χ1n) is 6.69. The number of halogens is 1. The topological polar surface area (TPSA) is 41.5 Å². The molecule has 0 atom stereocenters. The highest BCUT2D eigenvalue weighted by molar-refractivity contribution is 14.1. The fourth-order valence-corrected chi connectivity index (χ4v) is 2.42. The Hall–Kier alpha value is -1.69. The first kappa shape index (κ1) is 15.7. The minimum Gasteiger partial charge on any atom is -0.273 e. The van der Waals surface area contributed by atoms with Crippen molar-refractivity contribution >= 4 is 34.7 Å². The second-order valence-electron chi connectivity index (χ2n) is 4.91. The summed E-state index contributed by atoms with van der Waals surface area (Å²) in [6.45, 7) is 4.11. The number of carbonyl (C=O) groups excluding carboxylic acids is 1. The van der Waals surface area contributed by atoms with Crippen molar-refractivity contribution in [3.05, 3.63) is 68.3 Å². The molecule has 0 saturated carbocycles. The van der Waals surface area contributed by atoms with Gasteiger partial charge in [-0.3, -0.25) is 4.79 Å². The summed E-state index contributed by atoms with van der Waals surface area (Å²) >= 11 is 2.24. The van der Waals surface area contributed by atoms with Crippen molar-refractivity contribution in [3.8, 4) is 0 Å². The van der Waals surface area contributed by atoms with Crippen LogP contribution >= 0.6 is 22.6 Å². The molecule has 2 aromatic rings. The molecule has 0 aliphatic carbocycles. The fourth-order valence-electron chi connectivity index (χ4n) is 1.89. The van der Waals surface area contributed by atoms with E-state index >= 15 is 0 Å². The Bertz CT molecular complexity index is 680. The number of carbonyl (C=O) groups is 1. The maximum atomic E-state index is 11.9. The summed E-state index contributed by atoms with van der Waals surface area (Å²) < 4.78 is 1.10. The van der Waals surface area contributed by atoms with Gasteiger partial charge in [0, 0.05) is 9.13 Å². The molecular formula is C17H17IN2O. The Balaban J connectivity index is 1.93. The third-order valence-corrected chi connectivity index (χ3v) is 4.22. The molecular weight excluding hydrogens is 375 g/mol. The summed E-state index contributed by atoms with van der Waals surface area (Å²) in [4.78, 5) is 11.9. The van der Waals surface area contributed by atoms with Crippen LogP contribution in [0.4, 0.5) is 0 Å². The fraction of sp³-hybridized carbons (Fsp3) is 0.176. The van der Waals surface area contributed by atoms with Crippen LogP contribution in [0.3, 0.4) is 0 Å². The van der Waals surface area contributed by atoms with Gasteiger partial charge in [-0.15, -0.1) is 0 Å². The molecule has 0 aromatic heterocycles. The summed E-state index contributed by atoms with van der Waals surface area (Å²) in [7, 11) is 0. The maximum absolute atomic E-state index is 11.9. The standard InChI is InChI=1S/C17H17IN2O/c1-12-7-8-14(9-13(12)2)10-17(21)20-19-11-15-5-3-4-6-16(15)18/h3-9,11H,10H2,1-2H3,(H,20,21)/b19-11-. The molecule has 0 heterocycles. The van der Waals surface area contributed by atoms with E-state index in [2.05, 4.69) is 40.0 Å². The molecule has 0 radical (unpaired) electrons. The van der Waals surface area contributed by atoms with Crippen molar-refractivity contribution in [3.63, 3.8) is 0 Å². The Kier molecular flexibility index (Phi) is 5.50. The zero-order valence-corrected chi connectivity index (χ0v) is 14.2. The van der Waals surface area contributed by atoms with E-state index in [1.54, 1.807) is 6.21 Å². The van der Waals surface area contributed by atoms with Crippen LogP contribution in [0.2, 0.25) is 0 Å². The van der Waals surface area contributed by atoms with Crippen LogP contribution < -0.4 is 5.43 Å². The maximum Gasteiger partial charge on any atom is 0.244 e. The van der Waals surface area contributed by atoms with Gasteiger partial charge in [0.2, 0.25) is 5.91 Å². The van der Waals surface area contributed by atoms with Crippen molar-refractivity contribution in [1.29, 1.82) is 0 Å². The molecule has 3 nitrogen and oxygen atoms in total. The third-order valence-electron chi connectivity index (χ3n) is 3.23. The van der Waals surface area contributed by atoms with E-state index in [1.807, 2.05) is 49.4 Å². The van der Waals surface area contributed by atoms with E-state index < -0.39 is 0 Å². The largest absolute Gasteiger partial charge is 0.273 e. The van der Waals surface area contributed by atoms with Gasteiger partial charge in [-0.1, -0.05) is 36.4 Å². The number of benzene rings is 2. The summed E-state index contributed by atoms with van der Waals surface area (Å²) in [5.74, 6) is -0.111. The van der Waals surface area contributed by atoms with E-state index in [0.717, 1.165) is 14.7 Å². The van der Waals surface area contributed by atoms with Crippen LogP contribution in [0.15, 0.2) is 47.6 Å². The second-order valence-corrected chi connectivity index (χ2v) is 6.07. The number of nitrogens with zero attached hydrogens (tertiary/aromatic N) is 1. The average molecular weight is 392 g/mol. The van der Waals surface area contributed by atoms with Gasteiger partial charge in [-0.05, 0) is 59.2 Å². The predicted octanol–water partition coefficient (Wildman–Crippen LogP) is 3.60. The molecule has 0 bridgehead atoms. The molecule has 0 unspecified atom stereocenters. The molecule has 1 N–H and O–H groups in total. The molecule has 0 fully saturated rings. The summed E-state index contributed by atoms with van der Waals surface area (Å²) in [6, 6.07) is 13.9. The van der Waals surface area contributed by atoms with Crippen molar-refractivity contribution in [2.75, 3.05) is 0 Å². The van der Waals surface area contributed by atoms with Crippen molar-refractivity contribution in [2.24, 2.45) is 5.10 Å². The van der Waals surface area contributed by atoms with Crippen molar-refractivity contribution in [1.82, 2.24) is 5.43 Å². The van der Waals surface area contributed by atoms with Crippen LogP contribution in [-0.4, -0.2) is 12.1 Å². The molecule has 4 heteroatoms. The Labute approximate surface area is 138 Å². The number of amides is 1. The molecule has 0 saturated heterocycles. The van der Waals surface area contributed by atoms with Gasteiger partial charge in [-0.25, -0.2) is 5.43 Å². The van der Waals surface area contributed by atoms with Gasteiger partial charge >= 0.3 is 0 Å². The Morgan fingerprint density at radius 3 is 2.67 bits per heavy atom. The number of aryl methyl sites for hydroxylation is 2. The lowest BCUT2D eigenvalue weighted by Crippen LogP contribution is -2.19. The van der Waals surface area contributed by atoms with Crippen LogP contribution in [0, 0.1) is 17.4 Å². The number of hydrazone groups is 1. The minimum absolute atomic E-state index is 0.111. The van der Waals surface area contributed by atoms with E-state index in [4.69, 9.17) is 0 Å². The van der Waals surface area contributed by atoms with Gasteiger partial charge in [0.1, 0.15) is 0 Å². The number of hydrogen-bond donors (Lipinski definition) is 1. The van der Waals surface area contributed by atoms with E-state index in [-0.39, 0.29) is 5.91 Å².